The van der Waals surface area contributed by atoms with Crippen LogP contribution in [0.4, 0.5) is 4.39 Å². The Morgan fingerprint density at radius 2 is 2.03 bits per heavy atom. The zero-order valence-electron chi connectivity index (χ0n) is 16.4. The smallest absolute Gasteiger partial charge is 0.258 e. The van der Waals surface area contributed by atoms with Gasteiger partial charge in [-0.2, -0.15) is 0 Å². The fraction of sp³-hybridized carbons (Fsp3) is 0.261. The summed E-state index contributed by atoms with van der Waals surface area (Å²) in [5.74, 6) is -0.143. The minimum absolute atomic E-state index is 0.0413. The fourth-order valence-electron chi connectivity index (χ4n) is 3.50. The molecule has 4 rings (SSSR count). The minimum Gasteiger partial charge on any atom is -0.376 e. The number of para-hydroxylation sites is 1. The third-order valence-corrected chi connectivity index (χ3v) is 5.05. The Labute approximate surface area is 173 Å². The van der Waals surface area contributed by atoms with Crippen LogP contribution in [0.15, 0.2) is 59.4 Å². The van der Waals surface area contributed by atoms with Crippen molar-refractivity contribution >= 4 is 22.9 Å². The van der Waals surface area contributed by atoms with Crippen LogP contribution in [0.2, 0.25) is 0 Å². The molecule has 0 unspecified atom stereocenters. The zero-order valence-corrected chi connectivity index (χ0v) is 16.4. The largest absolute Gasteiger partial charge is 0.376 e. The van der Waals surface area contributed by atoms with Gasteiger partial charge in [0.1, 0.15) is 11.6 Å². The van der Waals surface area contributed by atoms with Gasteiger partial charge in [-0.15, -0.1) is 0 Å². The number of aromatic amines is 1. The highest BCUT2D eigenvalue weighted by Gasteiger charge is 2.22. The maximum Gasteiger partial charge on any atom is 0.258 e. The van der Waals surface area contributed by atoms with Crippen molar-refractivity contribution in [3.63, 3.8) is 0 Å². The minimum atomic E-state index is -0.329. The maximum absolute atomic E-state index is 13.1. The van der Waals surface area contributed by atoms with Gasteiger partial charge in [0.15, 0.2) is 0 Å². The van der Waals surface area contributed by atoms with Gasteiger partial charge >= 0.3 is 0 Å². The van der Waals surface area contributed by atoms with Crippen LogP contribution in [-0.2, 0) is 16.1 Å². The first-order chi connectivity index (χ1) is 14.6. The van der Waals surface area contributed by atoms with E-state index in [9.17, 15) is 14.0 Å². The number of aromatic nitrogens is 2. The molecular weight excluding hydrogens is 385 g/mol. The summed E-state index contributed by atoms with van der Waals surface area (Å²) in [4.78, 5) is 34.2. The van der Waals surface area contributed by atoms with E-state index in [1.807, 2.05) is 6.07 Å². The third kappa shape index (κ3) is 4.80. The molecule has 2 aromatic carbocycles. The van der Waals surface area contributed by atoms with Crippen molar-refractivity contribution in [1.82, 2.24) is 14.9 Å². The van der Waals surface area contributed by atoms with Gasteiger partial charge < -0.3 is 14.6 Å². The number of carbonyl (C=O) groups is 1. The van der Waals surface area contributed by atoms with Gasteiger partial charge in [0, 0.05) is 19.2 Å². The Hall–Kier alpha value is -3.32. The molecule has 2 heterocycles. The van der Waals surface area contributed by atoms with E-state index in [1.165, 1.54) is 18.2 Å². The number of nitrogens with one attached hydrogen (secondary N) is 1. The summed E-state index contributed by atoms with van der Waals surface area (Å²) in [6.45, 7) is 1.25. The summed E-state index contributed by atoms with van der Waals surface area (Å²) in [5, 5.41) is 0.509. The first-order valence-electron chi connectivity index (χ1n) is 9.90. The molecule has 0 spiro atoms. The normalized spacial score (nSPS) is 16.4. The highest BCUT2D eigenvalue weighted by molar-refractivity contribution is 5.91. The van der Waals surface area contributed by atoms with Crippen LogP contribution in [0.3, 0.4) is 0 Å². The van der Waals surface area contributed by atoms with Crippen LogP contribution in [-0.4, -0.2) is 40.0 Å². The van der Waals surface area contributed by atoms with E-state index in [-0.39, 0.29) is 29.9 Å². The molecule has 6 nitrogen and oxygen atoms in total. The van der Waals surface area contributed by atoms with Crippen molar-refractivity contribution in [2.45, 2.75) is 25.5 Å². The number of nitrogens with zero attached hydrogens (tertiary/aromatic N) is 2. The number of amides is 1. The van der Waals surface area contributed by atoms with Crippen molar-refractivity contribution in [1.29, 1.82) is 0 Å². The predicted molar refractivity (Wildman–Crippen MR) is 112 cm³/mol. The summed E-state index contributed by atoms with van der Waals surface area (Å²) in [5.41, 5.74) is 1.07. The maximum atomic E-state index is 13.1. The first kappa shape index (κ1) is 20.0. The summed E-state index contributed by atoms with van der Waals surface area (Å²) < 4.78 is 18.8. The van der Waals surface area contributed by atoms with Crippen LogP contribution in [0.25, 0.3) is 17.0 Å². The molecule has 154 valence electrons. The molecule has 7 heteroatoms. The molecule has 1 atom stereocenters. The molecule has 3 aromatic rings. The van der Waals surface area contributed by atoms with Crippen molar-refractivity contribution in [3.8, 4) is 0 Å². The number of H-pyrrole nitrogens is 1. The summed E-state index contributed by atoms with van der Waals surface area (Å²) in [7, 11) is 0. The second-order valence-electron chi connectivity index (χ2n) is 7.27. The summed E-state index contributed by atoms with van der Waals surface area (Å²) >= 11 is 0. The van der Waals surface area contributed by atoms with Crippen molar-refractivity contribution < 1.29 is 13.9 Å². The van der Waals surface area contributed by atoms with E-state index in [0.29, 0.717) is 29.9 Å². The molecule has 0 saturated carbocycles. The lowest BCUT2D eigenvalue weighted by Crippen LogP contribution is -2.36. The van der Waals surface area contributed by atoms with Crippen molar-refractivity contribution in [3.05, 3.63) is 82.2 Å². The Bertz CT molecular complexity index is 1120. The molecule has 0 radical (unpaired) electrons. The molecule has 0 aliphatic carbocycles. The topological polar surface area (TPSA) is 75.3 Å². The highest BCUT2D eigenvalue weighted by Crippen LogP contribution is 2.16. The molecule has 1 fully saturated rings. The lowest BCUT2D eigenvalue weighted by atomic mass is 10.2. The third-order valence-electron chi connectivity index (χ3n) is 5.05. The van der Waals surface area contributed by atoms with Crippen molar-refractivity contribution in [2.24, 2.45) is 0 Å². The number of fused-ring (bicyclic) bond motifs is 1. The van der Waals surface area contributed by atoms with E-state index in [1.54, 1.807) is 41.3 Å². The molecule has 0 bridgehead atoms. The van der Waals surface area contributed by atoms with E-state index < -0.39 is 0 Å². The monoisotopic (exact) mass is 407 g/mol. The van der Waals surface area contributed by atoms with Crippen molar-refractivity contribution in [2.75, 3.05) is 13.2 Å². The molecule has 1 aromatic heterocycles. The van der Waals surface area contributed by atoms with Crippen LogP contribution in [0.5, 0.6) is 0 Å². The van der Waals surface area contributed by atoms with E-state index in [2.05, 4.69) is 9.97 Å². The second-order valence-corrected chi connectivity index (χ2v) is 7.27. The molecule has 1 N–H and O–H groups in total. The molecule has 1 amide bonds. The van der Waals surface area contributed by atoms with Gasteiger partial charge in [-0.05, 0) is 48.7 Å². The van der Waals surface area contributed by atoms with Crippen LogP contribution in [0.1, 0.15) is 24.2 Å². The highest BCUT2D eigenvalue weighted by atomic mass is 19.1. The van der Waals surface area contributed by atoms with Crippen LogP contribution < -0.4 is 5.56 Å². The van der Waals surface area contributed by atoms with E-state index >= 15 is 0 Å². The van der Waals surface area contributed by atoms with Gasteiger partial charge in [0.05, 0.1) is 23.6 Å². The number of carbonyl (C=O) groups excluding carboxylic acids is 1. The molecule has 1 aliphatic rings. The zero-order chi connectivity index (χ0) is 20.9. The number of hydrogen-bond acceptors (Lipinski definition) is 4. The molecule has 1 aliphatic heterocycles. The quantitative estimate of drug-likeness (QED) is 0.637. The second kappa shape index (κ2) is 9.00. The number of halogens is 1. The lowest BCUT2D eigenvalue weighted by Gasteiger charge is -2.24. The standard InChI is InChI=1S/C23H22FN3O3/c24-17-10-7-16(8-11-17)9-12-22(28)27(14-18-4-3-13-30-18)15-21-25-20-6-2-1-5-19(20)23(29)26-21/h1-2,5-12,18H,3-4,13-15H2,(H,25,26,29)/b12-9+/t18-/m1/s1. The number of benzene rings is 2. The lowest BCUT2D eigenvalue weighted by molar-refractivity contribution is -0.128. The van der Waals surface area contributed by atoms with Gasteiger partial charge in [-0.1, -0.05) is 24.3 Å². The van der Waals surface area contributed by atoms with E-state index in [0.717, 1.165) is 18.4 Å². The number of ether oxygens (including phenoxy) is 1. The Morgan fingerprint density at radius 1 is 1.23 bits per heavy atom. The average molecular weight is 407 g/mol. The Morgan fingerprint density at radius 3 is 2.80 bits per heavy atom. The van der Waals surface area contributed by atoms with Crippen LogP contribution >= 0.6 is 0 Å². The van der Waals surface area contributed by atoms with Gasteiger partial charge in [-0.3, -0.25) is 9.59 Å². The molecule has 1 saturated heterocycles. The summed E-state index contributed by atoms with van der Waals surface area (Å²) in [6, 6.07) is 13.0. The number of rotatable bonds is 6. The fourth-order valence-corrected chi connectivity index (χ4v) is 3.50. The van der Waals surface area contributed by atoms with Crippen LogP contribution in [0, 0.1) is 5.82 Å². The molecular formula is C23H22FN3O3. The first-order valence-corrected chi connectivity index (χ1v) is 9.90. The Balaban J connectivity index is 1.56. The molecule has 30 heavy (non-hydrogen) atoms. The van der Waals surface area contributed by atoms with E-state index in [4.69, 9.17) is 4.74 Å². The van der Waals surface area contributed by atoms with Gasteiger partial charge in [0.25, 0.3) is 5.56 Å². The van der Waals surface area contributed by atoms with Gasteiger partial charge in [0.2, 0.25) is 5.91 Å². The summed E-state index contributed by atoms with van der Waals surface area (Å²) in [6.07, 6.45) is 4.89. The average Bonchev–Trinajstić information content (AvgIpc) is 3.26. The predicted octanol–water partition coefficient (Wildman–Crippen LogP) is 3.28. The Kier molecular flexibility index (Phi) is 5.99. The van der Waals surface area contributed by atoms with Gasteiger partial charge in [-0.25, -0.2) is 9.37 Å². The number of hydrogen-bond donors (Lipinski definition) is 1. The SMILES string of the molecule is O=C(/C=C/c1ccc(F)cc1)N(Cc1nc2ccccc2c(=O)[nH]1)C[C@H]1CCCO1.